The van der Waals surface area contributed by atoms with E-state index in [4.69, 9.17) is 4.74 Å². The number of non-ortho nitro benzene ring substituents is 1. The normalized spacial score (nSPS) is 10.7. The molecule has 146 valence electrons. The second-order valence-corrected chi connectivity index (χ2v) is 5.64. The number of halogens is 1. The second-order valence-electron chi connectivity index (χ2n) is 5.64. The van der Waals surface area contributed by atoms with Crippen molar-refractivity contribution >= 4 is 35.6 Å². The first-order chi connectivity index (χ1) is 12.6. The first kappa shape index (κ1) is 22.7. The highest BCUT2D eigenvalue weighted by atomic mass is 127. The van der Waals surface area contributed by atoms with Crippen LogP contribution in [0.1, 0.15) is 18.1 Å². The first-order valence-corrected chi connectivity index (χ1v) is 8.51. The van der Waals surface area contributed by atoms with E-state index in [2.05, 4.69) is 15.6 Å². The van der Waals surface area contributed by atoms with E-state index in [1.807, 2.05) is 31.2 Å². The van der Waals surface area contributed by atoms with Gasteiger partial charge in [-0.2, -0.15) is 0 Å². The van der Waals surface area contributed by atoms with Gasteiger partial charge >= 0.3 is 0 Å². The lowest BCUT2D eigenvalue weighted by molar-refractivity contribution is -0.384. The zero-order valence-corrected chi connectivity index (χ0v) is 17.8. The van der Waals surface area contributed by atoms with E-state index in [-0.39, 0.29) is 29.7 Å². The lowest BCUT2D eigenvalue weighted by Gasteiger charge is -2.11. The predicted molar refractivity (Wildman–Crippen MR) is 118 cm³/mol. The molecule has 8 heteroatoms. The van der Waals surface area contributed by atoms with Crippen LogP contribution in [0.3, 0.4) is 0 Å². The van der Waals surface area contributed by atoms with Crippen LogP contribution in [0.2, 0.25) is 0 Å². The van der Waals surface area contributed by atoms with Crippen molar-refractivity contribution < 1.29 is 9.66 Å². The lowest BCUT2D eigenvalue weighted by Crippen LogP contribution is -2.38. The quantitative estimate of drug-likeness (QED) is 0.197. The molecular weight excluding hydrogens is 459 g/mol. The highest BCUT2D eigenvalue weighted by Crippen LogP contribution is 2.13. The van der Waals surface area contributed by atoms with E-state index >= 15 is 0 Å². The molecule has 2 N–H and O–H groups in total. The number of benzene rings is 2. The molecule has 0 spiro atoms. The molecule has 0 bridgehead atoms. The molecule has 0 aromatic heterocycles. The Balaban J connectivity index is 0.00000364. The Labute approximate surface area is 176 Å². The van der Waals surface area contributed by atoms with E-state index < -0.39 is 4.92 Å². The number of ether oxygens (including phenoxy) is 1. The molecule has 0 aliphatic heterocycles. The molecule has 2 rings (SSSR count). The van der Waals surface area contributed by atoms with Crippen LogP contribution < -0.4 is 15.4 Å². The Bertz CT molecular complexity index is 734. The van der Waals surface area contributed by atoms with Gasteiger partial charge in [0, 0.05) is 25.2 Å². The van der Waals surface area contributed by atoms with E-state index in [1.165, 1.54) is 17.7 Å². The molecule has 27 heavy (non-hydrogen) atoms. The summed E-state index contributed by atoms with van der Waals surface area (Å²) in [5, 5.41) is 17.2. The predicted octanol–water partition coefficient (Wildman–Crippen LogP) is 3.52. The smallest absolute Gasteiger partial charge is 0.269 e. The van der Waals surface area contributed by atoms with Gasteiger partial charge in [0.15, 0.2) is 5.96 Å². The Morgan fingerprint density at radius 1 is 1.07 bits per heavy atom. The minimum absolute atomic E-state index is 0. The van der Waals surface area contributed by atoms with Crippen LogP contribution in [0.5, 0.6) is 5.75 Å². The zero-order valence-electron chi connectivity index (χ0n) is 15.5. The van der Waals surface area contributed by atoms with Gasteiger partial charge in [0.2, 0.25) is 0 Å². The molecular formula is C19H25IN4O3. The Morgan fingerprint density at radius 3 is 2.26 bits per heavy atom. The maximum absolute atomic E-state index is 10.7. The fraction of sp³-hybridized carbons (Fsp3) is 0.316. The number of hydrogen-bond acceptors (Lipinski definition) is 4. The summed E-state index contributed by atoms with van der Waals surface area (Å²) in [5.74, 6) is 1.57. The van der Waals surface area contributed by atoms with Crippen molar-refractivity contribution in [3.05, 3.63) is 69.8 Å². The van der Waals surface area contributed by atoms with Crippen molar-refractivity contribution in [2.24, 2.45) is 4.99 Å². The summed E-state index contributed by atoms with van der Waals surface area (Å²) in [7, 11) is 1.65. The number of guanidine groups is 1. The number of hydrogen-bond donors (Lipinski definition) is 2. The maximum Gasteiger partial charge on any atom is 0.269 e. The summed E-state index contributed by atoms with van der Waals surface area (Å²) in [6.45, 7) is 3.97. The van der Waals surface area contributed by atoms with Crippen LogP contribution in [0, 0.1) is 10.1 Å². The largest absolute Gasteiger partial charge is 0.497 e. The molecule has 0 atom stereocenters. The highest BCUT2D eigenvalue weighted by Gasteiger charge is 2.04. The summed E-state index contributed by atoms with van der Waals surface area (Å²) in [6.07, 6.45) is 0.867. The van der Waals surface area contributed by atoms with Crippen LogP contribution in [0.25, 0.3) is 0 Å². The summed E-state index contributed by atoms with van der Waals surface area (Å²) in [6, 6.07) is 14.4. The van der Waals surface area contributed by atoms with Crippen molar-refractivity contribution in [2.45, 2.75) is 19.9 Å². The van der Waals surface area contributed by atoms with E-state index in [0.717, 1.165) is 36.8 Å². The fourth-order valence-electron chi connectivity index (χ4n) is 2.35. The number of rotatable bonds is 8. The Morgan fingerprint density at radius 2 is 1.70 bits per heavy atom. The third-order valence-electron chi connectivity index (χ3n) is 3.78. The average molecular weight is 484 g/mol. The van der Waals surface area contributed by atoms with Crippen molar-refractivity contribution in [3.63, 3.8) is 0 Å². The van der Waals surface area contributed by atoms with Gasteiger partial charge in [0.1, 0.15) is 5.75 Å². The topological polar surface area (TPSA) is 88.8 Å². The molecule has 0 saturated carbocycles. The summed E-state index contributed by atoms with van der Waals surface area (Å²) >= 11 is 0. The minimum Gasteiger partial charge on any atom is -0.497 e. The molecule has 0 unspecified atom stereocenters. The Hall–Kier alpha value is -2.36. The van der Waals surface area contributed by atoms with Crippen molar-refractivity contribution in [2.75, 3.05) is 20.2 Å². The van der Waals surface area contributed by atoms with Crippen molar-refractivity contribution in [3.8, 4) is 5.75 Å². The molecule has 2 aromatic carbocycles. The number of nitro groups is 1. The fourth-order valence-corrected chi connectivity index (χ4v) is 2.35. The van der Waals surface area contributed by atoms with Gasteiger partial charge in [0.05, 0.1) is 18.6 Å². The summed E-state index contributed by atoms with van der Waals surface area (Å²) in [5.41, 5.74) is 2.22. The number of nitrogens with zero attached hydrogens (tertiary/aromatic N) is 2. The monoisotopic (exact) mass is 484 g/mol. The van der Waals surface area contributed by atoms with Crippen LogP contribution >= 0.6 is 24.0 Å². The van der Waals surface area contributed by atoms with Crippen LogP contribution in [0.15, 0.2) is 53.5 Å². The SMILES string of the molecule is CCNC(=NCc1ccc([N+](=O)[O-])cc1)NCCc1ccc(OC)cc1.I. The molecule has 7 nitrogen and oxygen atoms in total. The van der Waals surface area contributed by atoms with Gasteiger partial charge in [-0.1, -0.05) is 24.3 Å². The second kappa shape index (κ2) is 12.1. The summed E-state index contributed by atoms with van der Waals surface area (Å²) < 4.78 is 5.16. The number of aliphatic imine (C=N–C) groups is 1. The van der Waals surface area contributed by atoms with Gasteiger partial charge in [-0.05, 0) is 36.6 Å². The van der Waals surface area contributed by atoms with E-state index in [1.54, 1.807) is 19.2 Å². The minimum atomic E-state index is -0.405. The number of methoxy groups -OCH3 is 1. The molecule has 0 radical (unpaired) electrons. The third-order valence-corrected chi connectivity index (χ3v) is 3.78. The lowest BCUT2D eigenvalue weighted by atomic mass is 10.1. The van der Waals surface area contributed by atoms with Crippen LogP contribution in [0.4, 0.5) is 5.69 Å². The van der Waals surface area contributed by atoms with Gasteiger partial charge in [-0.15, -0.1) is 24.0 Å². The molecule has 2 aromatic rings. The molecule has 0 saturated heterocycles. The van der Waals surface area contributed by atoms with Crippen molar-refractivity contribution in [1.29, 1.82) is 0 Å². The summed E-state index contributed by atoms with van der Waals surface area (Å²) in [4.78, 5) is 14.8. The average Bonchev–Trinajstić information content (AvgIpc) is 2.67. The molecule has 0 heterocycles. The zero-order chi connectivity index (χ0) is 18.8. The van der Waals surface area contributed by atoms with Crippen LogP contribution in [-0.4, -0.2) is 31.1 Å². The molecule has 0 aliphatic carbocycles. The van der Waals surface area contributed by atoms with Crippen LogP contribution in [-0.2, 0) is 13.0 Å². The van der Waals surface area contributed by atoms with Gasteiger partial charge in [-0.25, -0.2) is 4.99 Å². The third kappa shape index (κ3) is 7.81. The van der Waals surface area contributed by atoms with Gasteiger partial charge in [-0.3, -0.25) is 10.1 Å². The van der Waals surface area contributed by atoms with Gasteiger partial charge in [0.25, 0.3) is 5.69 Å². The Kier molecular flexibility index (Phi) is 10.2. The van der Waals surface area contributed by atoms with Gasteiger partial charge < -0.3 is 15.4 Å². The molecule has 0 amide bonds. The highest BCUT2D eigenvalue weighted by molar-refractivity contribution is 14.0. The van der Waals surface area contributed by atoms with Crippen molar-refractivity contribution in [1.82, 2.24) is 10.6 Å². The van der Waals surface area contributed by atoms with E-state index in [9.17, 15) is 10.1 Å². The number of nitro benzene ring substituents is 1. The maximum atomic E-state index is 10.7. The standard InChI is InChI=1S/C19H24N4O3.HI/c1-3-20-19(21-13-12-15-6-10-18(26-2)11-7-15)22-14-16-4-8-17(9-5-16)23(24)25;/h4-11H,3,12-14H2,1-2H3,(H2,20,21,22);1H. The molecule has 0 fully saturated rings. The van der Waals surface area contributed by atoms with E-state index in [0.29, 0.717) is 6.54 Å². The molecule has 0 aliphatic rings. The number of nitrogens with one attached hydrogen (secondary N) is 2. The first-order valence-electron chi connectivity index (χ1n) is 8.51.